The van der Waals surface area contributed by atoms with Gasteiger partial charge in [-0.05, 0) is 35.7 Å². The van der Waals surface area contributed by atoms with Crippen LogP contribution in [0.15, 0.2) is 48.5 Å². The maximum Gasteiger partial charge on any atom is 0.255 e. The van der Waals surface area contributed by atoms with Crippen LogP contribution in [0.4, 0.5) is 0 Å². The molecule has 166 valence electrons. The molecule has 0 aliphatic carbocycles. The van der Waals surface area contributed by atoms with Crippen molar-refractivity contribution in [2.45, 2.75) is 32.0 Å². The molecule has 2 N–H and O–H groups in total. The van der Waals surface area contributed by atoms with Crippen LogP contribution in [0.2, 0.25) is 5.15 Å². The highest BCUT2D eigenvalue weighted by atomic mass is 35.5. The van der Waals surface area contributed by atoms with Crippen molar-refractivity contribution in [3.05, 3.63) is 75.9 Å². The number of rotatable bonds is 4. The van der Waals surface area contributed by atoms with Gasteiger partial charge >= 0.3 is 0 Å². The van der Waals surface area contributed by atoms with Gasteiger partial charge in [-0.1, -0.05) is 41.9 Å². The van der Waals surface area contributed by atoms with Crippen molar-refractivity contribution < 1.29 is 19.2 Å². The highest BCUT2D eigenvalue weighted by Gasteiger charge is 2.39. The number of halogens is 1. The van der Waals surface area contributed by atoms with Crippen LogP contribution in [0.5, 0.6) is 0 Å². The second-order valence-corrected chi connectivity index (χ2v) is 8.47. The molecular formula is C24H19ClN4O4. The molecule has 2 aromatic carbocycles. The van der Waals surface area contributed by atoms with Crippen LogP contribution in [0.3, 0.4) is 0 Å². The van der Waals surface area contributed by atoms with E-state index in [1.165, 1.54) is 4.90 Å². The van der Waals surface area contributed by atoms with Crippen LogP contribution in [-0.2, 0) is 22.7 Å². The molecule has 1 saturated heterocycles. The maximum absolute atomic E-state index is 12.9. The van der Waals surface area contributed by atoms with Crippen molar-refractivity contribution in [3.8, 4) is 0 Å². The standard InChI is InChI=1S/C24H19ClN4O4/c25-20-10-17(16-3-1-2-4-18(16)27-20)22(31)26-11-13-5-6-15-14(9-13)12-29(24(15)33)19-7-8-21(30)28-23(19)32/h1-6,9-10,19H,7-8,11-12H2,(H,26,31)(H,28,30,32). The largest absolute Gasteiger partial charge is 0.348 e. The van der Waals surface area contributed by atoms with Crippen LogP contribution in [0.25, 0.3) is 10.9 Å². The van der Waals surface area contributed by atoms with E-state index in [4.69, 9.17) is 11.6 Å². The average molecular weight is 463 g/mol. The Kier molecular flexibility index (Phi) is 5.30. The van der Waals surface area contributed by atoms with Crippen molar-refractivity contribution in [1.82, 2.24) is 20.5 Å². The second kappa shape index (κ2) is 8.29. The smallest absolute Gasteiger partial charge is 0.255 e. The Balaban J connectivity index is 1.31. The summed E-state index contributed by atoms with van der Waals surface area (Å²) in [7, 11) is 0. The van der Waals surface area contributed by atoms with Gasteiger partial charge in [0.1, 0.15) is 11.2 Å². The topological polar surface area (TPSA) is 108 Å². The van der Waals surface area contributed by atoms with E-state index in [9.17, 15) is 19.2 Å². The molecule has 9 heteroatoms. The van der Waals surface area contributed by atoms with Crippen molar-refractivity contribution in [3.63, 3.8) is 0 Å². The first-order valence-electron chi connectivity index (χ1n) is 10.5. The van der Waals surface area contributed by atoms with Crippen LogP contribution in [-0.4, -0.2) is 39.6 Å². The third-order valence-corrected chi connectivity index (χ3v) is 6.16. The van der Waals surface area contributed by atoms with Crippen LogP contribution < -0.4 is 10.6 Å². The quantitative estimate of drug-likeness (QED) is 0.457. The lowest BCUT2D eigenvalue weighted by molar-refractivity contribution is -0.136. The Hall–Kier alpha value is -3.78. The second-order valence-electron chi connectivity index (χ2n) is 8.08. The van der Waals surface area contributed by atoms with Crippen LogP contribution >= 0.6 is 11.6 Å². The molecule has 1 fully saturated rings. The molecule has 1 unspecified atom stereocenters. The molecule has 8 nitrogen and oxygen atoms in total. The molecule has 1 atom stereocenters. The zero-order valence-electron chi connectivity index (χ0n) is 17.4. The Bertz CT molecular complexity index is 1340. The normalized spacial score (nSPS) is 17.8. The number of aromatic nitrogens is 1. The number of imide groups is 1. The van der Waals surface area contributed by atoms with E-state index >= 15 is 0 Å². The molecule has 2 aliphatic heterocycles. The van der Waals surface area contributed by atoms with Crippen molar-refractivity contribution >= 4 is 46.1 Å². The molecule has 0 radical (unpaired) electrons. The number of fused-ring (bicyclic) bond motifs is 2. The Morgan fingerprint density at radius 3 is 2.79 bits per heavy atom. The fourth-order valence-electron chi connectivity index (χ4n) is 4.35. The summed E-state index contributed by atoms with van der Waals surface area (Å²) in [6.07, 6.45) is 0.525. The van der Waals surface area contributed by atoms with Gasteiger partial charge < -0.3 is 10.2 Å². The lowest BCUT2D eigenvalue weighted by Crippen LogP contribution is -2.52. The molecule has 3 heterocycles. The van der Waals surface area contributed by atoms with Gasteiger partial charge in [-0.3, -0.25) is 24.5 Å². The minimum atomic E-state index is -0.657. The highest BCUT2D eigenvalue weighted by molar-refractivity contribution is 6.30. The van der Waals surface area contributed by atoms with Gasteiger partial charge in [-0.2, -0.15) is 0 Å². The third kappa shape index (κ3) is 3.93. The van der Waals surface area contributed by atoms with Crippen molar-refractivity contribution in [2.75, 3.05) is 0 Å². The summed E-state index contributed by atoms with van der Waals surface area (Å²) in [6.45, 7) is 0.541. The Morgan fingerprint density at radius 2 is 1.97 bits per heavy atom. The number of piperidine rings is 1. The summed E-state index contributed by atoms with van der Waals surface area (Å²) in [5, 5.41) is 6.14. The van der Waals surface area contributed by atoms with Crippen molar-refractivity contribution in [1.29, 1.82) is 0 Å². The maximum atomic E-state index is 12.9. The van der Waals surface area contributed by atoms with Gasteiger partial charge in [0, 0.05) is 30.5 Å². The Morgan fingerprint density at radius 1 is 1.15 bits per heavy atom. The van der Waals surface area contributed by atoms with E-state index in [0.29, 0.717) is 28.5 Å². The number of hydrogen-bond donors (Lipinski definition) is 2. The number of carbonyl (C=O) groups is 4. The van der Waals surface area contributed by atoms with Crippen LogP contribution in [0.1, 0.15) is 44.7 Å². The first-order valence-corrected chi connectivity index (χ1v) is 10.9. The molecule has 4 amide bonds. The van der Waals surface area contributed by atoms with E-state index in [1.54, 1.807) is 24.3 Å². The van der Waals surface area contributed by atoms with Gasteiger partial charge in [0.15, 0.2) is 0 Å². The number of pyridine rings is 1. The zero-order valence-corrected chi connectivity index (χ0v) is 18.2. The van der Waals surface area contributed by atoms with E-state index < -0.39 is 11.9 Å². The third-order valence-electron chi connectivity index (χ3n) is 5.97. The molecule has 33 heavy (non-hydrogen) atoms. The minimum Gasteiger partial charge on any atom is -0.348 e. The fourth-order valence-corrected chi connectivity index (χ4v) is 4.55. The summed E-state index contributed by atoms with van der Waals surface area (Å²) >= 11 is 6.08. The number of hydrogen-bond acceptors (Lipinski definition) is 5. The lowest BCUT2D eigenvalue weighted by Gasteiger charge is -2.29. The first kappa shape index (κ1) is 21.1. The molecule has 0 bridgehead atoms. The fraction of sp³-hybridized carbons (Fsp3) is 0.208. The van der Waals surface area contributed by atoms with Gasteiger partial charge in [-0.25, -0.2) is 4.98 Å². The average Bonchev–Trinajstić information content (AvgIpc) is 3.12. The van der Waals surface area contributed by atoms with E-state index in [-0.39, 0.29) is 42.4 Å². The predicted octanol–water partition coefficient (Wildman–Crippen LogP) is 2.58. The highest BCUT2D eigenvalue weighted by Crippen LogP contribution is 2.28. The first-order chi connectivity index (χ1) is 15.9. The molecule has 3 aromatic rings. The van der Waals surface area contributed by atoms with Gasteiger partial charge in [-0.15, -0.1) is 0 Å². The van der Waals surface area contributed by atoms with Gasteiger partial charge in [0.2, 0.25) is 11.8 Å². The molecule has 1 aromatic heterocycles. The van der Waals surface area contributed by atoms with Gasteiger partial charge in [0.05, 0.1) is 11.1 Å². The SMILES string of the molecule is O=C1CCC(N2Cc3cc(CNC(=O)c4cc(Cl)nc5ccccc45)ccc3C2=O)C(=O)N1. The van der Waals surface area contributed by atoms with E-state index in [2.05, 4.69) is 15.6 Å². The number of amides is 4. The van der Waals surface area contributed by atoms with E-state index in [1.807, 2.05) is 24.3 Å². The van der Waals surface area contributed by atoms with E-state index in [0.717, 1.165) is 11.1 Å². The van der Waals surface area contributed by atoms with Gasteiger partial charge in [0.25, 0.3) is 11.8 Å². The zero-order chi connectivity index (χ0) is 23.1. The van der Waals surface area contributed by atoms with Crippen molar-refractivity contribution in [2.24, 2.45) is 0 Å². The molecule has 2 aliphatic rings. The molecule has 5 rings (SSSR count). The Labute approximate surface area is 193 Å². The number of carbonyl (C=O) groups excluding carboxylic acids is 4. The predicted molar refractivity (Wildman–Crippen MR) is 120 cm³/mol. The number of nitrogens with one attached hydrogen (secondary N) is 2. The molecule has 0 spiro atoms. The van der Waals surface area contributed by atoms with Crippen LogP contribution in [0, 0.1) is 0 Å². The minimum absolute atomic E-state index is 0.210. The monoisotopic (exact) mass is 462 g/mol. The number of nitrogens with zero attached hydrogens (tertiary/aromatic N) is 2. The summed E-state index contributed by atoms with van der Waals surface area (Å²) in [6, 6.07) is 13.5. The molecular weight excluding hydrogens is 444 g/mol. The summed E-state index contributed by atoms with van der Waals surface area (Å²) in [5.74, 6) is -1.27. The molecule has 0 saturated carbocycles. The lowest BCUT2D eigenvalue weighted by atomic mass is 10.0. The summed E-state index contributed by atoms with van der Waals surface area (Å²) in [5.41, 5.74) is 3.21. The number of para-hydroxylation sites is 1. The summed E-state index contributed by atoms with van der Waals surface area (Å²) in [4.78, 5) is 55.0. The number of benzene rings is 2. The summed E-state index contributed by atoms with van der Waals surface area (Å²) < 4.78 is 0.